The molecule has 2 aliphatic heterocycles. The number of anilines is 1. The number of benzene rings is 2. The first-order chi connectivity index (χ1) is 12.2. The number of para-hydroxylation sites is 1. The van der Waals surface area contributed by atoms with E-state index in [1.807, 2.05) is 47.4 Å². The Labute approximate surface area is 148 Å². The van der Waals surface area contributed by atoms with Crippen molar-refractivity contribution in [1.82, 2.24) is 0 Å². The Morgan fingerprint density at radius 1 is 1.20 bits per heavy atom. The van der Waals surface area contributed by atoms with E-state index in [4.69, 9.17) is 9.47 Å². The number of nitrogens with zero attached hydrogens (tertiary/aromatic N) is 1. The van der Waals surface area contributed by atoms with E-state index in [2.05, 4.69) is 13.0 Å². The van der Waals surface area contributed by atoms with Crippen molar-refractivity contribution in [2.24, 2.45) is 0 Å². The molecule has 1 amide bonds. The molecule has 4 nitrogen and oxygen atoms in total. The second-order valence-electron chi connectivity index (χ2n) is 6.83. The molecule has 1 fully saturated rings. The Morgan fingerprint density at radius 3 is 2.76 bits per heavy atom. The molecule has 2 aliphatic rings. The molecule has 0 radical (unpaired) electrons. The van der Waals surface area contributed by atoms with E-state index in [0.29, 0.717) is 12.2 Å². The number of hydrogen-bond acceptors (Lipinski definition) is 3. The maximum Gasteiger partial charge on any atom is 0.258 e. The van der Waals surface area contributed by atoms with Crippen LogP contribution < -0.4 is 9.64 Å². The Morgan fingerprint density at radius 2 is 2.00 bits per heavy atom. The van der Waals surface area contributed by atoms with Crippen LogP contribution >= 0.6 is 0 Å². The van der Waals surface area contributed by atoms with Crippen molar-refractivity contribution in [2.75, 3.05) is 18.1 Å². The molecule has 2 atom stereocenters. The SMILES string of the molecule is CC1Cc2ccccc2N1C(=O)c1ccc(OCC2CCCO2)cc1. The summed E-state index contributed by atoms with van der Waals surface area (Å²) in [6.07, 6.45) is 3.27. The molecule has 25 heavy (non-hydrogen) atoms. The molecule has 130 valence electrons. The third-order valence-corrected chi connectivity index (χ3v) is 4.99. The van der Waals surface area contributed by atoms with E-state index < -0.39 is 0 Å². The van der Waals surface area contributed by atoms with Gasteiger partial charge in [0.2, 0.25) is 0 Å². The van der Waals surface area contributed by atoms with E-state index in [1.54, 1.807) is 0 Å². The molecule has 0 aromatic heterocycles. The average molecular weight is 337 g/mol. The van der Waals surface area contributed by atoms with Gasteiger partial charge in [0, 0.05) is 23.9 Å². The predicted molar refractivity (Wildman–Crippen MR) is 97.3 cm³/mol. The van der Waals surface area contributed by atoms with Crippen LogP contribution in [0.2, 0.25) is 0 Å². The van der Waals surface area contributed by atoms with Crippen LogP contribution in [0, 0.1) is 0 Å². The maximum atomic E-state index is 13.0. The van der Waals surface area contributed by atoms with E-state index >= 15 is 0 Å². The number of carbonyl (C=O) groups is 1. The Hall–Kier alpha value is -2.33. The largest absolute Gasteiger partial charge is 0.491 e. The van der Waals surface area contributed by atoms with Crippen LogP contribution in [0.15, 0.2) is 48.5 Å². The zero-order valence-electron chi connectivity index (χ0n) is 14.5. The molecule has 0 saturated carbocycles. The summed E-state index contributed by atoms with van der Waals surface area (Å²) in [5.74, 6) is 0.824. The summed E-state index contributed by atoms with van der Waals surface area (Å²) in [7, 11) is 0. The minimum absolute atomic E-state index is 0.0446. The van der Waals surface area contributed by atoms with Crippen molar-refractivity contribution >= 4 is 11.6 Å². The standard InChI is InChI=1S/C21H23NO3/c1-15-13-17-5-2-3-7-20(17)22(15)21(23)16-8-10-18(11-9-16)25-14-19-6-4-12-24-19/h2-3,5,7-11,15,19H,4,6,12-14H2,1H3. The molecule has 4 rings (SSSR count). The van der Waals surface area contributed by atoms with E-state index in [-0.39, 0.29) is 18.1 Å². The van der Waals surface area contributed by atoms with Crippen molar-refractivity contribution < 1.29 is 14.3 Å². The first-order valence-electron chi connectivity index (χ1n) is 8.98. The van der Waals surface area contributed by atoms with Gasteiger partial charge in [0.1, 0.15) is 12.4 Å². The highest BCUT2D eigenvalue weighted by atomic mass is 16.5. The number of carbonyl (C=O) groups excluding carboxylic acids is 1. The van der Waals surface area contributed by atoms with Gasteiger partial charge >= 0.3 is 0 Å². The quantitative estimate of drug-likeness (QED) is 0.851. The highest BCUT2D eigenvalue weighted by Crippen LogP contribution is 2.33. The minimum atomic E-state index is 0.0446. The first kappa shape index (κ1) is 16.2. The van der Waals surface area contributed by atoms with Crippen LogP contribution in [0.5, 0.6) is 5.75 Å². The molecule has 4 heteroatoms. The van der Waals surface area contributed by atoms with Crippen molar-refractivity contribution in [3.63, 3.8) is 0 Å². The fraction of sp³-hybridized carbons (Fsp3) is 0.381. The van der Waals surface area contributed by atoms with Gasteiger partial charge in [0.05, 0.1) is 6.10 Å². The van der Waals surface area contributed by atoms with Gasteiger partial charge in [-0.2, -0.15) is 0 Å². The maximum absolute atomic E-state index is 13.0. The Balaban J connectivity index is 1.45. The Kier molecular flexibility index (Phi) is 4.45. The van der Waals surface area contributed by atoms with Gasteiger partial charge in [-0.05, 0) is 62.1 Å². The fourth-order valence-corrected chi connectivity index (χ4v) is 3.67. The van der Waals surface area contributed by atoms with Crippen LogP contribution in [-0.2, 0) is 11.2 Å². The lowest BCUT2D eigenvalue weighted by Gasteiger charge is -2.23. The van der Waals surface area contributed by atoms with Crippen molar-refractivity contribution in [3.05, 3.63) is 59.7 Å². The Bertz CT molecular complexity index is 750. The molecule has 2 aromatic rings. The summed E-state index contributed by atoms with van der Waals surface area (Å²) >= 11 is 0. The zero-order valence-corrected chi connectivity index (χ0v) is 14.5. The lowest BCUT2D eigenvalue weighted by molar-refractivity contribution is 0.0679. The monoisotopic (exact) mass is 337 g/mol. The van der Waals surface area contributed by atoms with Gasteiger partial charge in [-0.25, -0.2) is 0 Å². The summed E-state index contributed by atoms with van der Waals surface area (Å²) in [6.45, 7) is 3.50. The van der Waals surface area contributed by atoms with Gasteiger partial charge in [0.25, 0.3) is 5.91 Å². The van der Waals surface area contributed by atoms with Gasteiger partial charge in [0.15, 0.2) is 0 Å². The molecule has 0 bridgehead atoms. The number of hydrogen-bond donors (Lipinski definition) is 0. The third-order valence-electron chi connectivity index (χ3n) is 4.99. The summed E-state index contributed by atoms with van der Waals surface area (Å²) in [4.78, 5) is 14.9. The molecule has 1 saturated heterocycles. The lowest BCUT2D eigenvalue weighted by Crippen LogP contribution is -2.35. The highest BCUT2D eigenvalue weighted by Gasteiger charge is 2.31. The second kappa shape index (κ2) is 6.89. The lowest BCUT2D eigenvalue weighted by atomic mass is 10.1. The van der Waals surface area contributed by atoms with Gasteiger partial charge in [-0.15, -0.1) is 0 Å². The van der Waals surface area contributed by atoms with Gasteiger partial charge < -0.3 is 14.4 Å². The van der Waals surface area contributed by atoms with Gasteiger partial charge in [-0.1, -0.05) is 18.2 Å². The molecule has 0 spiro atoms. The number of rotatable bonds is 4. The molecule has 0 aliphatic carbocycles. The van der Waals surface area contributed by atoms with Crippen LogP contribution in [-0.4, -0.2) is 31.3 Å². The molecular weight excluding hydrogens is 314 g/mol. The first-order valence-corrected chi connectivity index (χ1v) is 8.98. The smallest absolute Gasteiger partial charge is 0.258 e. The zero-order chi connectivity index (χ0) is 17.2. The molecule has 0 N–H and O–H groups in total. The molecule has 2 aromatic carbocycles. The van der Waals surface area contributed by atoms with Crippen LogP contribution in [0.1, 0.15) is 35.7 Å². The van der Waals surface area contributed by atoms with Crippen LogP contribution in [0.4, 0.5) is 5.69 Å². The number of fused-ring (bicyclic) bond motifs is 1. The summed E-state index contributed by atoms with van der Waals surface area (Å²) in [5.41, 5.74) is 2.95. The van der Waals surface area contributed by atoms with Crippen molar-refractivity contribution in [2.45, 2.75) is 38.3 Å². The molecule has 2 heterocycles. The number of amides is 1. The molecule has 2 unspecified atom stereocenters. The summed E-state index contributed by atoms with van der Waals surface area (Å²) in [5, 5.41) is 0. The second-order valence-corrected chi connectivity index (χ2v) is 6.83. The van der Waals surface area contributed by atoms with Crippen molar-refractivity contribution in [1.29, 1.82) is 0 Å². The minimum Gasteiger partial charge on any atom is -0.491 e. The van der Waals surface area contributed by atoms with Gasteiger partial charge in [-0.3, -0.25) is 4.79 Å². The van der Waals surface area contributed by atoms with E-state index in [9.17, 15) is 4.79 Å². The topological polar surface area (TPSA) is 38.8 Å². The predicted octanol–water partition coefficient (Wildman–Crippen LogP) is 3.84. The third kappa shape index (κ3) is 3.27. The van der Waals surface area contributed by atoms with Crippen LogP contribution in [0.25, 0.3) is 0 Å². The summed E-state index contributed by atoms with van der Waals surface area (Å²) in [6, 6.07) is 15.8. The van der Waals surface area contributed by atoms with Crippen LogP contribution in [0.3, 0.4) is 0 Å². The fourth-order valence-electron chi connectivity index (χ4n) is 3.67. The normalized spacial score (nSPS) is 22.0. The van der Waals surface area contributed by atoms with E-state index in [0.717, 1.165) is 37.3 Å². The summed E-state index contributed by atoms with van der Waals surface area (Å²) < 4.78 is 11.3. The van der Waals surface area contributed by atoms with Crippen molar-refractivity contribution in [3.8, 4) is 5.75 Å². The average Bonchev–Trinajstić information content (AvgIpc) is 3.26. The van der Waals surface area contributed by atoms with E-state index in [1.165, 1.54) is 5.56 Å². The molecular formula is C21H23NO3. The number of ether oxygens (including phenoxy) is 2. The highest BCUT2D eigenvalue weighted by molar-refractivity contribution is 6.07.